The zero-order valence-corrected chi connectivity index (χ0v) is 30.8. The van der Waals surface area contributed by atoms with Gasteiger partial charge in [-0.1, -0.05) is 24.9 Å². The first-order chi connectivity index (χ1) is 24.5. The van der Waals surface area contributed by atoms with Crippen LogP contribution < -0.4 is 33.7 Å². The summed E-state index contributed by atoms with van der Waals surface area (Å²) in [7, 11) is 7.23. The number of hydrogen-bond donors (Lipinski definition) is 2. The number of aliphatic hydroxyl groups is 1. The Morgan fingerprint density at radius 1 is 0.961 bits per heavy atom. The largest absolute Gasteiger partial charge is 0.507 e. The van der Waals surface area contributed by atoms with E-state index in [0.717, 1.165) is 32.4 Å². The summed E-state index contributed by atoms with van der Waals surface area (Å²) in [5.74, 6) is -2.19. The van der Waals surface area contributed by atoms with Crippen LogP contribution in [0, 0.1) is 11.8 Å². The van der Waals surface area contributed by atoms with Gasteiger partial charge in [0, 0.05) is 48.9 Å². The van der Waals surface area contributed by atoms with Crippen LogP contribution in [0.2, 0.25) is 5.02 Å². The van der Waals surface area contributed by atoms with Crippen LogP contribution in [0.3, 0.4) is 0 Å². The zero-order valence-electron chi connectivity index (χ0n) is 30.1. The van der Waals surface area contributed by atoms with Crippen LogP contribution >= 0.6 is 11.6 Å². The predicted molar refractivity (Wildman–Crippen MR) is 189 cm³/mol. The summed E-state index contributed by atoms with van der Waals surface area (Å²) >= 11 is 6.66. The number of piperidine rings is 2. The molecule has 51 heavy (non-hydrogen) atoms. The monoisotopic (exact) mass is 726 g/mol. The van der Waals surface area contributed by atoms with E-state index in [1.165, 1.54) is 54.5 Å². The average molecular weight is 727 g/mol. The molecule has 5 unspecified atom stereocenters. The van der Waals surface area contributed by atoms with Crippen LogP contribution in [0.4, 0.5) is 0 Å². The molecule has 276 valence electrons. The number of fused-ring (bicyclic) bond motifs is 2. The van der Waals surface area contributed by atoms with Crippen molar-refractivity contribution in [2.45, 2.75) is 69.4 Å². The van der Waals surface area contributed by atoms with Crippen molar-refractivity contribution in [2.24, 2.45) is 11.8 Å². The van der Waals surface area contributed by atoms with E-state index in [0.29, 0.717) is 41.3 Å². The van der Waals surface area contributed by atoms with E-state index >= 15 is 0 Å². The van der Waals surface area contributed by atoms with Crippen molar-refractivity contribution in [3.63, 3.8) is 0 Å². The molecular formula is C38H47ClN2O10. The molecule has 5 atom stereocenters. The highest BCUT2D eigenvalue weighted by atomic mass is 35.5. The van der Waals surface area contributed by atoms with Gasteiger partial charge in [-0.25, -0.2) is 0 Å². The molecular weight excluding hydrogens is 680 g/mol. The van der Waals surface area contributed by atoms with Gasteiger partial charge in [-0.3, -0.25) is 14.4 Å². The lowest BCUT2D eigenvalue weighted by atomic mass is 9.69. The van der Waals surface area contributed by atoms with Gasteiger partial charge in [0.25, 0.3) is 0 Å². The summed E-state index contributed by atoms with van der Waals surface area (Å²) in [6.07, 6.45) is 5.23. The third kappa shape index (κ3) is 6.24. The highest BCUT2D eigenvalue weighted by molar-refractivity contribution is 6.35. The van der Waals surface area contributed by atoms with Crippen molar-refractivity contribution in [1.29, 1.82) is 0 Å². The molecule has 0 bridgehead atoms. The molecule has 4 aliphatic rings. The van der Waals surface area contributed by atoms with E-state index in [2.05, 4.69) is 10.2 Å². The van der Waals surface area contributed by atoms with Crippen LogP contribution in [0.1, 0.15) is 73.7 Å². The number of carbonyl (C=O) groups excluding carboxylic acids is 3. The second kappa shape index (κ2) is 14.8. The van der Waals surface area contributed by atoms with Crippen LogP contribution in [0.15, 0.2) is 29.5 Å². The number of nitrogens with zero attached hydrogens (tertiary/aromatic N) is 1. The van der Waals surface area contributed by atoms with Crippen LogP contribution in [-0.2, 0) is 9.59 Å². The molecule has 3 heterocycles. The van der Waals surface area contributed by atoms with Gasteiger partial charge < -0.3 is 43.7 Å². The summed E-state index contributed by atoms with van der Waals surface area (Å²) < 4.78 is 34.1. The number of halogens is 1. The molecule has 1 aliphatic carbocycles. The lowest BCUT2D eigenvalue weighted by Crippen LogP contribution is -2.53. The molecule has 1 amide bonds. The number of Topliss-reactive ketones (excluding diaryl/α,β-unsaturated/α-hetero) is 2. The van der Waals surface area contributed by atoms with Crippen LogP contribution in [0.5, 0.6) is 34.5 Å². The Kier molecular flexibility index (Phi) is 10.6. The molecule has 0 aromatic heterocycles. The SMILES string of the molecule is COc1cc(OC)c2c(c1Cl)OC1(C2=O)C(O)=C(C(CC(=O)NCC2CCCN3CCCCC23)c2cc(OC)c(OC)c(OC)c2)C(=O)CC1C. The van der Waals surface area contributed by atoms with Gasteiger partial charge >= 0.3 is 0 Å². The highest BCUT2D eigenvalue weighted by Gasteiger charge is 2.61. The summed E-state index contributed by atoms with van der Waals surface area (Å²) in [6.45, 7) is 4.33. The molecule has 1 spiro atoms. The van der Waals surface area contributed by atoms with Gasteiger partial charge in [0.1, 0.15) is 22.1 Å². The summed E-state index contributed by atoms with van der Waals surface area (Å²) in [4.78, 5) is 45.1. The lowest BCUT2D eigenvalue weighted by Gasteiger charge is -2.44. The molecule has 2 fully saturated rings. The third-order valence-corrected chi connectivity index (χ3v) is 11.5. The lowest BCUT2D eigenvalue weighted by molar-refractivity contribution is -0.122. The molecule has 13 heteroatoms. The number of hydrogen-bond acceptors (Lipinski definition) is 11. The van der Waals surface area contributed by atoms with E-state index < -0.39 is 34.8 Å². The molecule has 0 radical (unpaired) electrons. The number of ketones is 2. The first-order valence-corrected chi connectivity index (χ1v) is 17.9. The Hall–Kier alpha value is -4.16. The maximum Gasteiger partial charge on any atom is 0.231 e. The number of ether oxygens (including phenoxy) is 6. The number of methoxy groups -OCH3 is 5. The number of allylic oxidation sites excluding steroid dienone is 1. The standard InChI is InChI=1S/C38H47ClN2O10/c1-20-14-25(42)31(36(44)38(20)37(45)32-26(46-2)18-27(47-3)33(39)35(32)51-38)23(22-15-28(48-4)34(50-6)29(16-22)49-5)17-30(43)40-19-21-10-9-13-41-12-8-7-11-24(21)41/h15-16,18,20-21,23-24,44H,7-14,17,19H2,1-6H3,(H,40,43). The summed E-state index contributed by atoms with van der Waals surface area (Å²) in [6, 6.07) is 5.20. The van der Waals surface area contributed by atoms with Gasteiger partial charge in [0.2, 0.25) is 23.0 Å². The van der Waals surface area contributed by atoms with Crippen molar-refractivity contribution in [3.8, 4) is 34.5 Å². The van der Waals surface area contributed by atoms with Crippen LogP contribution in [-0.4, -0.2) is 94.3 Å². The maximum atomic E-state index is 14.5. The average Bonchev–Trinajstić information content (AvgIpc) is 3.46. The van der Waals surface area contributed by atoms with Crippen LogP contribution in [0.25, 0.3) is 0 Å². The molecule has 2 saturated heterocycles. The Balaban J connectivity index is 1.43. The molecule has 12 nitrogen and oxygen atoms in total. The maximum absolute atomic E-state index is 14.5. The Bertz CT molecular complexity index is 1720. The van der Waals surface area contributed by atoms with E-state index in [4.69, 9.17) is 40.0 Å². The number of amides is 1. The van der Waals surface area contributed by atoms with E-state index in [-0.39, 0.29) is 52.2 Å². The molecule has 3 aliphatic heterocycles. The molecule has 0 saturated carbocycles. The van der Waals surface area contributed by atoms with Crippen molar-refractivity contribution >= 4 is 29.1 Å². The minimum atomic E-state index is -2.02. The number of benzene rings is 2. The predicted octanol–water partition coefficient (Wildman–Crippen LogP) is 5.67. The fourth-order valence-electron chi connectivity index (χ4n) is 8.55. The molecule has 2 aromatic rings. The highest BCUT2D eigenvalue weighted by Crippen LogP contribution is 2.56. The Morgan fingerprint density at radius 2 is 1.63 bits per heavy atom. The van der Waals surface area contributed by atoms with Gasteiger partial charge in [0.05, 0.1) is 35.5 Å². The number of rotatable bonds is 11. The van der Waals surface area contributed by atoms with Gasteiger partial charge in [-0.05, 0) is 62.4 Å². The minimum absolute atomic E-state index is 0.0173. The first-order valence-electron chi connectivity index (χ1n) is 17.5. The van der Waals surface area contributed by atoms with Crippen molar-refractivity contribution < 1.29 is 47.9 Å². The summed E-state index contributed by atoms with van der Waals surface area (Å²) in [5.41, 5.74) is -1.66. The first kappa shape index (κ1) is 36.6. The van der Waals surface area contributed by atoms with E-state index in [1.54, 1.807) is 19.1 Å². The zero-order chi connectivity index (χ0) is 36.6. The summed E-state index contributed by atoms with van der Waals surface area (Å²) in [5, 5.41) is 15.5. The fraction of sp³-hybridized carbons (Fsp3) is 0.553. The second-order valence-electron chi connectivity index (χ2n) is 13.8. The van der Waals surface area contributed by atoms with E-state index in [9.17, 15) is 19.5 Å². The molecule has 2 N–H and O–H groups in total. The Morgan fingerprint density at radius 3 is 2.27 bits per heavy atom. The van der Waals surface area contributed by atoms with Gasteiger partial charge in [0.15, 0.2) is 28.8 Å². The second-order valence-corrected chi connectivity index (χ2v) is 14.2. The van der Waals surface area contributed by atoms with Gasteiger partial charge in [-0.15, -0.1) is 0 Å². The minimum Gasteiger partial charge on any atom is -0.507 e. The van der Waals surface area contributed by atoms with Gasteiger partial charge in [-0.2, -0.15) is 0 Å². The number of nitrogens with one attached hydrogen (secondary N) is 1. The third-order valence-electron chi connectivity index (χ3n) is 11.1. The quantitative estimate of drug-likeness (QED) is 0.296. The Labute approximate surface area is 303 Å². The topological polar surface area (TPSA) is 142 Å². The van der Waals surface area contributed by atoms with E-state index in [1.807, 2.05) is 0 Å². The van der Waals surface area contributed by atoms with Crippen molar-refractivity contribution in [3.05, 3.63) is 45.7 Å². The molecule has 6 rings (SSSR count). The smallest absolute Gasteiger partial charge is 0.231 e. The number of carbonyl (C=O) groups is 3. The number of aliphatic hydroxyl groups excluding tert-OH is 1. The van der Waals surface area contributed by atoms with Crippen molar-refractivity contribution in [1.82, 2.24) is 10.2 Å². The normalized spacial score (nSPS) is 25.1. The fourth-order valence-corrected chi connectivity index (χ4v) is 8.81. The van der Waals surface area contributed by atoms with Crippen molar-refractivity contribution in [2.75, 3.05) is 55.2 Å². The molecule has 2 aromatic carbocycles.